The van der Waals surface area contributed by atoms with Gasteiger partial charge in [-0.3, -0.25) is 15.0 Å². The molecule has 1 N–H and O–H groups in total. The van der Waals surface area contributed by atoms with Crippen molar-refractivity contribution in [2.24, 2.45) is 5.92 Å². The summed E-state index contributed by atoms with van der Waals surface area (Å²) >= 11 is 0. The Morgan fingerprint density at radius 1 is 1.20 bits per heavy atom. The number of rotatable bonds is 5. The quantitative estimate of drug-likeness (QED) is 0.793. The molecule has 2 fully saturated rings. The van der Waals surface area contributed by atoms with E-state index in [4.69, 9.17) is 14.0 Å². The molecule has 0 aliphatic carbocycles. The minimum Gasteiger partial charge on any atom is -0.497 e. The maximum atomic E-state index is 12.9. The Hall–Kier alpha value is -2.91. The number of aromatic nitrogens is 1. The van der Waals surface area contributed by atoms with Crippen LogP contribution in [0.25, 0.3) is 11.3 Å². The first kappa shape index (κ1) is 20.4. The number of hydrogen-bond acceptors (Lipinski definition) is 7. The zero-order valence-electron chi connectivity index (χ0n) is 17.0. The van der Waals surface area contributed by atoms with Crippen LogP contribution in [-0.2, 0) is 9.53 Å². The van der Waals surface area contributed by atoms with E-state index < -0.39 is 0 Å². The number of hydrazine groups is 1. The molecule has 0 bridgehead atoms. The van der Waals surface area contributed by atoms with Gasteiger partial charge in [0.25, 0.3) is 5.91 Å². The summed E-state index contributed by atoms with van der Waals surface area (Å²) < 4.78 is 15.9. The average molecular weight is 414 g/mol. The molecule has 2 amide bonds. The summed E-state index contributed by atoms with van der Waals surface area (Å²) in [7, 11) is 1.59. The Bertz CT molecular complexity index is 893. The normalized spacial score (nSPS) is 20.0. The molecule has 2 aromatic rings. The van der Waals surface area contributed by atoms with E-state index in [1.54, 1.807) is 18.1 Å². The van der Waals surface area contributed by atoms with Crippen molar-refractivity contribution in [2.75, 3.05) is 46.5 Å². The van der Waals surface area contributed by atoms with Crippen LogP contribution in [0.3, 0.4) is 0 Å². The van der Waals surface area contributed by atoms with E-state index in [9.17, 15) is 9.59 Å². The highest BCUT2D eigenvalue weighted by Crippen LogP contribution is 2.26. The number of carbonyl (C=O) groups excluding carboxylic acids is 2. The van der Waals surface area contributed by atoms with Crippen molar-refractivity contribution in [1.82, 2.24) is 20.5 Å². The smallest absolute Gasteiger partial charge is 0.276 e. The van der Waals surface area contributed by atoms with E-state index in [2.05, 4.69) is 10.6 Å². The maximum Gasteiger partial charge on any atom is 0.276 e. The maximum absolute atomic E-state index is 12.9. The number of nitrogens with one attached hydrogen (secondary N) is 1. The number of nitrogens with zero attached hydrogens (tertiary/aromatic N) is 3. The van der Waals surface area contributed by atoms with Crippen LogP contribution in [0.1, 0.15) is 23.3 Å². The van der Waals surface area contributed by atoms with Gasteiger partial charge < -0.3 is 18.9 Å². The first-order chi connectivity index (χ1) is 14.6. The summed E-state index contributed by atoms with van der Waals surface area (Å²) in [4.78, 5) is 27.3. The number of benzene rings is 1. The molecule has 2 saturated heterocycles. The van der Waals surface area contributed by atoms with Crippen molar-refractivity contribution in [1.29, 1.82) is 0 Å². The second kappa shape index (κ2) is 9.27. The molecule has 9 nitrogen and oxygen atoms in total. The lowest BCUT2D eigenvalue weighted by atomic mass is 9.97. The third kappa shape index (κ3) is 4.63. The first-order valence-corrected chi connectivity index (χ1v) is 10.2. The Morgan fingerprint density at radius 3 is 2.83 bits per heavy atom. The minimum absolute atomic E-state index is 0.0494. The molecule has 4 rings (SSSR count). The van der Waals surface area contributed by atoms with E-state index in [0.717, 1.165) is 18.4 Å². The van der Waals surface area contributed by atoms with Gasteiger partial charge in [0.2, 0.25) is 5.91 Å². The van der Waals surface area contributed by atoms with Crippen LogP contribution in [-0.4, -0.2) is 73.4 Å². The van der Waals surface area contributed by atoms with Crippen LogP contribution in [0.5, 0.6) is 5.75 Å². The number of amides is 2. The predicted molar refractivity (Wildman–Crippen MR) is 108 cm³/mol. The number of morpholine rings is 1. The van der Waals surface area contributed by atoms with Crippen molar-refractivity contribution < 1.29 is 23.6 Å². The van der Waals surface area contributed by atoms with E-state index in [-0.39, 0.29) is 23.4 Å². The van der Waals surface area contributed by atoms with Gasteiger partial charge >= 0.3 is 0 Å². The summed E-state index contributed by atoms with van der Waals surface area (Å²) in [6, 6.07) is 9.00. The highest BCUT2D eigenvalue weighted by Gasteiger charge is 2.31. The molecule has 1 aromatic heterocycles. The molecular weight excluding hydrogens is 388 g/mol. The molecule has 0 saturated carbocycles. The van der Waals surface area contributed by atoms with Gasteiger partial charge in [-0.2, -0.15) is 0 Å². The molecule has 0 spiro atoms. The highest BCUT2D eigenvalue weighted by atomic mass is 16.5. The molecule has 160 valence electrons. The Balaban J connectivity index is 1.39. The summed E-state index contributed by atoms with van der Waals surface area (Å²) in [5.74, 6) is 0.677. The van der Waals surface area contributed by atoms with E-state index >= 15 is 0 Å². The van der Waals surface area contributed by atoms with Gasteiger partial charge in [0.05, 0.1) is 26.2 Å². The molecule has 0 radical (unpaired) electrons. The van der Waals surface area contributed by atoms with Gasteiger partial charge in [0.15, 0.2) is 11.5 Å². The fourth-order valence-electron chi connectivity index (χ4n) is 3.75. The van der Waals surface area contributed by atoms with Crippen molar-refractivity contribution in [3.05, 3.63) is 36.0 Å². The lowest BCUT2D eigenvalue weighted by Gasteiger charge is -2.34. The van der Waals surface area contributed by atoms with Gasteiger partial charge in [-0.1, -0.05) is 17.3 Å². The number of likely N-dealkylation sites (tertiary alicyclic amines) is 1. The van der Waals surface area contributed by atoms with Gasteiger partial charge in [-0.15, -0.1) is 0 Å². The number of carbonyl (C=O) groups is 2. The standard InChI is InChI=1S/C21H26N4O5/c1-28-17-6-2-4-15(12-17)19-13-18(23-30-19)21(27)24-7-3-5-16(14-24)20(26)22-25-8-10-29-11-9-25/h2,4,6,12-13,16H,3,5,7-11,14H2,1H3,(H,22,26)/t16-/m0/s1. The minimum atomic E-state index is -0.240. The molecule has 3 heterocycles. The van der Waals surface area contributed by atoms with Crippen LogP contribution in [0.2, 0.25) is 0 Å². The fourth-order valence-corrected chi connectivity index (χ4v) is 3.75. The highest BCUT2D eigenvalue weighted by molar-refractivity contribution is 5.93. The fraction of sp³-hybridized carbons (Fsp3) is 0.476. The van der Waals surface area contributed by atoms with Gasteiger partial charge in [0.1, 0.15) is 5.75 Å². The van der Waals surface area contributed by atoms with Crippen molar-refractivity contribution >= 4 is 11.8 Å². The molecule has 1 atom stereocenters. The number of piperidine rings is 1. The van der Waals surface area contributed by atoms with Crippen LogP contribution >= 0.6 is 0 Å². The van der Waals surface area contributed by atoms with Gasteiger partial charge in [-0.05, 0) is 25.0 Å². The predicted octanol–water partition coefficient (Wildman–Crippen LogP) is 1.57. The number of hydrogen-bond donors (Lipinski definition) is 1. The molecule has 9 heteroatoms. The third-order valence-electron chi connectivity index (χ3n) is 5.44. The van der Waals surface area contributed by atoms with Crippen LogP contribution in [0.4, 0.5) is 0 Å². The largest absolute Gasteiger partial charge is 0.497 e. The van der Waals surface area contributed by atoms with Gasteiger partial charge in [-0.25, -0.2) is 5.01 Å². The van der Waals surface area contributed by atoms with Crippen LogP contribution in [0.15, 0.2) is 34.9 Å². The summed E-state index contributed by atoms with van der Waals surface area (Å²) in [6.45, 7) is 3.53. The lowest BCUT2D eigenvalue weighted by Crippen LogP contribution is -2.53. The third-order valence-corrected chi connectivity index (χ3v) is 5.44. The summed E-state index contributed by atoms with van der Waals surface area (Å²) in [5, 5.41) is 5.84. The molecule has 2 aliphatic heterocycles. The van der Waals surface area contributed by atoms with Crippen LogP contribution in [0, 0.1) is 5.92 Å². The molecule has 2 aliphatic rings. The SMILES string of the molecule is COc1cccc(-c2cc(C(=O)N3CCC[C@H](C(=O)NN4CCOCC4)C3)no2)c1. The van der Waals surface area contributed by atoms with E-state index in [0.29, 0.717) is 50.9 Å². The lowest BCUT2D eigenvalue weighted by molar-refractivity contribution is -0.133. The van der Waals surface area contributed by atoms with Crippen molar-refractivity contribution in [2.45, 2.75) is 12.8 Å². The Labute approximate surface area is 174 Å². The molecule has 1 aromatic carbocycles. The van der Waals surface area contributed by atoms with Crippen LogP contribution < -0.4 is 10.2 Å². The van der Waals surface area contributed by atoms with E-state index in [1.165, 1.54) is 0 Å². The number of methoxy groups -OCH3 is 1. The molecular formula is C21H26N4O5. The first-order valence-electron chi connectivity index (χ1n) is 10.2. The zero-order chi connectivity index (χ0) is 20.9. The molecule has 0 unspecified atom stereocenters. The van der Waals surface area contributed by atoms with Gasteiger partial charge in [0, 0.05) is 37.8 Å². The summed E-state index contributed by atoms with van der Waals surface area (Å²) in [5.41, 5.74) is 3.97. The summed E-state index contributed by atoms with van der Waals surface area (Å²) in [6.07, 6.45) is 1.53. The average Bonchev–Trinajstić information content (AvgIpc) is 3.30. The molecule has 30 heavy (non-hydrogen) atoms. The van der Waals surface area contributed by atoms with Crippen molar-refractivity contribution in [3.8, 4) is 17.1 Å². The topological polar surface area (TPSA) is 97.1 Å². The Kier molecular flexibility index (Phi) is 6.29. The second-order valence-corrected chi connectivity index (χ2v) is 7.47. The van der Waals surface area contributed by atoms with E-state index in [1.807, 2.05) is 29.3 Å². The van der Waals surface area contributed by atoms with Crippen molar-refractivity contribution in [3.63, 3.8) is 0 Å². The zero-order valence-corrected chi connectivity index (χ0v) is 17.0. The monoisotopic (exact) mass is 414 g/mol. The Morgan fingerprint density at radius 2 is 2.03 bits per heavy atom. The second-order valence-electron chi connectivity index (χ2n) is 7.47. The number of ether oxygens (including phenoxy) is 2.